The molecule has 9 nitrogen and oxygen atoms in total. The highest BCUT2D eigenvalue weighted by molar-refractivity contribution is 8.00. The average Bonchev–Trinajstić information content (AvgIpc) is 3.61. The van der Waals surface area contributed by atoms with Gasteiger partial charge in [0.15, 0.2) is 22.5 Å². The molecule has 178 valence electrons. The molecular formula is C24H26N4O5S. The third-order valence-electron chi connectivity index (χ3n) is 5.77. The molecule has 0 radical (unpaired) electrons. The zero-order valence-corrected chi connectivity index (χ0v) is 19.8. The fraction of sp³-hybridized carbons (Fsp3) is 0.375. The number of nitrogens with zero attached hydrogens (tertiary/aromatic N) is 3. The van der Waals surface area contributed by atoms with Gasteiger partial charge >= 0.3 is 0 Å². The van der Waals surface area contributed by atoms with Crippen LogP contribution in [0, 0.1) is 0 Å². The maximum atomic E-state index is 12.9. The van der Waals surface area contributed by atoms with Gasteiger partial charge in [-0.25, -0.2) is 0 Å². The van der Waals surface area contributed by atoms with E-state index in [1.54, 1.807) is 25.3 Å². The van der Waals surface area contributed by atoms with Crippen LogP contribution in [0.4, 0.5) is 5.69 Å². The highest BCUT2D eigenvalue weighted by Gasteiger charge is 2.25. The smallest absolute Gasteiger partial charge is 0.237 e. The highest BCUT2D eigenvalue weighted by Crippen LogP contribution is 2.35. The lowest BCUT2D eigenvalue weighted by Gasteiger charge is -2.17. The number of thioether (sulfide) groups is 1. The minimum Gasteiger partial charge on any atom is -0.497 e. The molecule has 2 aliphatic heterocycles. The number of carbonyl (C=O) groups is 1. The number of hydrogen-bond acceptors (Lipinski definition) is 8. The van der Waals surface area contributed by atoms with Crippen molar-refractivity contribution < 1.29 is 23.7 Å². The Morgan fingerprint density at radius 2 is 2.03 bits per heavy atom. The first-order valence-corrected chi connectivity index (χ1v) is 12.0. The minimum absolute atomic E-state index is 0.102. The number of rotatable bonds is 8. The predicted molar refractivity (Wildman–Crippen MR) is 127 cm³/mol. The van der Waals surface area contributed by atoms with Gasteiger partial charge in [-0.1, -0.05) is 11.8 Å². The molecule has 3 heterocycles. The number of carbonyl (C=O) groups excluding carboxylic acids is 1. The van der Waals surface area contributed by atoms with E-state index < -0.39 is 5.25 Å². The van der Waals surface area contributed by atoms with E-state index in [1.807, 2.05) is 35.8 Å². The van der Waals surface area contributed by atoms with E-state index in [1.165, 1.54) is 11.8 Å². The van der Waals surface area contributed by atoms with Crippen molar-refractivity contribution in [3.63, 3.8) is 0 Å². The molecule has 3 aromatic rings. The molecule has 1 aromatic heterocycles. The van der Waals surface area contributed by atoms with Crippen LogP contribution >= 0.6 is 11.8 Å². The van der Waals surface area contributed by atoms with E-state index in [4.69, 9.17) is 18.9 Å². The Balaban J connectivity index is 1.34. The van der Waals surface area contributed by atoms with Crippen molar-refractivity contribution in [3.05, 3.63) is 42.5 Å². The van der Waals surface area contributed by atoms with Crippen LogP contribution in [-0.4, -0.2) is 52.5 Å². The van der Waals surface area contributed by atoms with Gasteiger partial charge in [0, 0.05) is 23.9 Å². The van der Waals surface area contributed by atoms with Crippen molar-refractivity contribution in [2.75, 3.05) is 25.8 Å². The first-order chi connectivity index (χ1) is 16.6. The second-order valence-electron chi connectivity index (χ2n) is 8.10. The lowest BCUT2D eigenvalue weighted by atomic mass is 10.2. The van der Waals surface area contributed by atoms with Gasteiger partial charge in [-0.2, -0.15) is 0 Å². The second kappa shape index (κ2) is 9.94. The molecule has 10 heteroatoms. The number of methoxy groups -OCH3 is 1. The van der Waals surface area contributed by atoms with Gasteiger partial charge < -0.3 is 24.3 Å². The van der Waals surface area contributed by atoms with Crippen LogP contribution in [0.3, 0.4) is 0 Å². The molecule has 5 rings (SSSR count). The van der Waals surface area contributed by atoms with Crippen LogP contribution in [0.5, 0.6) is 17.2 Å². The van der Waals surface area contributed by atoms with Crippen molar-refractivity contribution in [2.24, 2.45) is 0 Å². The molecule has 1 fully saturated rings. The van der Waals surface area contributed by atoms with Crippen LogP contribution in [0.15, 0.2) is 47.6 Å². The molecule has 0 bridgehead atoms. The summed E-state index contributed by atoms with van der Waals surface area (Å²) < 4.78 is 23.9. The molecule has 1 N–H and O–H groups in total. The van der Waals surface area contributed by atoms with Crippen molar-refractivity contribution >= 4 is 23.4 Å². The van der Waals surface area contributed by atoms with Crippen LogP contribution in [-0.2, 0) is 16.1 Å². The molecular weight excluding hydrogens is 456 g/mol. The Bertz CT molecular complexity index is 1160. The number of benzene rings is 2. The minimum atomic E-state index is -0.401. The van der Waals surface area contributed by atoms with Gasteiger partial charge in [0.05, 0.1) is 25.0 Å². The zero-order chi connectivity index (χ0) is 23.5. The zero-order valence-electron chi connectivity index (χ0n) is 19.0. The SMILES string of the molecule is COc1ccc(-c2nnc(S[C@@H](C)C(=O)Nc3ccc4c(c3)OCO4)n2C[C@H]2CCCO2)cc1. The van der Waals surface area contributed by atoms with Crippen LogP contribution < -0.4 is 19.5 Å². The first kappa shape index (κ1) is 22.5. The van der Waals surface area contributed by atoms with Crippen LogP contribution in [0.1, 0.15) is 19.8 Å². The molecule has 1 saturated heterocycles. The number of hydrogen-bond donors (Lipinski definition) is 1. The Morgan fingerprint density at radius 1 is 1.21 bits per heavy atom. The normalized spacial score (nSPS) is 17.5. The number of nitrogens with one attached hydrogen (secondary N) is 1. The van der Waals surface area contributed by atoms with Gasteiger partial charge in [0.2, 0.25) is 12.7 Å². The lowest BCUT2D eigenvalue weighted by Crippen LogP contribution is -2.23. The molecule has 0 saturated carbocycles. The van der Waals surface area contributed by atoms with Gasteiger partial charge in [0.1, 0.15) is 5.75 Å². The van der Waals surface area contributed by atoms with Crippen molar-refractivity contribution in [3.8, 4) is 28.6 Å². The largest absolute Gasteiger partial charge is 0.497 e. The maximum absolute atomic E-state index is 12.9. The van der Waals surface area contributed by atoms with Crippen molar-refractivity contribution in [1.82, 2.24) is 14.8 Å². The fourth-order valence-electron chi connectivity index (χ4n) is 3.92. The monoisotopic (exact) mass is 482 g/mol. The average molecular weight is 483 g/mol. The van der Waals surface area contributed by atoms with Crippen LogP contribution in [0.25, 0.3) is 11.4 Å². The lowest BCUT2D eigenvalue weighted by molar-refractivity contribution is -0.115. The molecule has 2 atom stereocenters. The topological polar surface area (TPSA) is 96.7 Å². The standard InChI is InChI=1S/C24H26N4O5S/c1-15(23(29)25-17-7-10-20-21(12-17)33-14-32-20)34-24-27-26-22(16-5-8-18(30-2)9-6-16)28(24)13-19-4-3-11-31-19/h5-10,12,15,19H,3-4,11,13-14H2,1-2H3,(H,25,29)/t15-,19+/m0/s1. The summed E-state index contributed by atoms with van der Waals surface area (Å²) in [5.41, 5.74) is 1.58. The molecule has 0 aliphatic carbocycles. The Kier molecular flexibility index (Phi) is 6.59. The summed E-state index contributed by atoms with van der Waals surface area (Å²) in [5, 5.41) is 12.1. The number of amides is 1. The van der Waals surface area contributed by atoms with Gasteiger partial charge in [-0.15, -0.1) is 10.2 Å². The number of anilines is 1. The van der Waals surface area contributed by atoms with E-state index in [2.05, 4.69) is 15.5 Å². The fourth-order valence-corrected chi connectivity index (χ4v) is 4.77. The van der Waals surface area contributed by atoms with Crippen molar-refractivity contribution in [2.45, 2.75) is 42.8 Å². The number of ether oxygens (including phenoxy) is 4. The molecule has 2 aromatic carbocycles. The summed E-state index contributed by atoms with van der Waals surface area (Å²) in [6.45, 7) is 3.44. The molecule has 0 spiro atoms. The third-order valence-corrected chi connectivity index (χ3v) is 6.85. The van der Waals surface area contributed by atoms with E-state index in [9.17, 15) is 4.79 Å². The van der Waals surface area contributed by atoms with Gasteiger partial charge in [0.25, 0.3) is 0 Å². The summed E-state index contributed by atoms with van der Waals surface area (Å²) in [6.07, 6.45) is 2.14. The number of aromatic nitrogens is 3. The summed E-state index contributed by atoms with van der Waals surface area (Å²) >= 11 is 1.37. The summed E-state index contributed by atoms with van der Waals surface area (Å²) in [7, 11) is 1.64. The summed E-state index contributed by atoms with van der Waals surface area (Å²) in [4.78, 5) is 12.9. The van der Waals surface area contributed by atoms with Gasteiger partial charge in [-0.3, -0.25) is 9.36 Å². The van der Waals surface area contributed by atoms with E-state index in [0.717, 1.165) is 36.6 Å². The summed E-state index contributed by atoms with van der Waals surface area (Å²) in [5.74, 6) is 2.68. The maximum Gasteiger partial charge on any atom is 0.237 e. The third kappa shape index (κ3) is 4.83. The molecule has 1 amide bonds. The quantitative estimate of drug-likeness (QED) is 0.482. The Labute approximate surface area is 201 Å². The van der Waals surface area contributed by atoms with Crippen LogP contribution in [0.2, 0.25) is 0 Å². The van der Waals surface area contributed by atoms with E-state index in [-0.39, 0.29) is 18.8 Å². The van der Waals surface area contributed by atoms with E-state index in [0.29, 0.717) is 28.9 Å². The Morgan fingerprint density at radius 3 is 2.79 bits per heavy atom. The molecule has 34 heavy (non-hydrogen) atoms. The molecule has 2 aliphatic rings. The second-order valence-corrected chi connectivity index (χ2v) is 9.41. The molecule has 0 unspecified atom stereocenters. The van der Waals surface area contributed by atoms with E-state index >= 15 is 0 Å². The Hall–Kier alpha value is -3.24. The highest BCUT2D eigenvalue weighted by atomic mass is 32.2. The number of fused-ring (bicyclic) bond motifs is 1. The first-order valence-electron chi connectivity index (χ1n) is 11.2. The summed E-state index contributed by atoms with van der Waals surface area (Å²) in [6, 6.07) is 13.1. The van der Waals surface area contributed by atoms with Gasteiger partial charge in [-0.05, 0) is 56.2 Å². The van der Waals surface area contributed by atoms with Crippen molar-refractivity contribution in [1.29, 1.82) is 0 Å². The predicted octanol–water partition coefficient (Wildman–Crippen LogP) is 3.98.